The third-order valence-electron chi connectivity index (χ3n) is 5.10. The highest BCUT2D eigenvalue weighted by molar-refractivity contribution is 5.95. The molecule has 1 saturated heterocycles. The largest absolute Gasteiger partial charge is 0.337 e. The Bertz CT molecular complexity index is 1040. The third-order valence-corrected chi connectivity index (χ3v) is 5.10. The Kier molecular flexibility index (Phi) is 5.07. The Labute approximate surface area is 167 Å². The van der Waals surface area contributed by atoms with Crippen LogP contribution < -0.4 is 0 Å². The van der Waals surface area contributed by atoms with E-state index in [2.05, 4.69) is 10.1 Å². The molecule has 1 aromatic heterocycles. The summed E-state index contributed by atoms with van der Waals surface area (Å²) in [5.74, 6) is 0.598. The van der Waals surface area contributed by atoms with Crippen LogP contribution in [0.25, 0.3) is 11.4 Å². The van der Waals surface area contributed by atoms with Crippen molar-refractivity contribution in [1.29, 1.82) is 0 Å². The van der Waals surface area contributed by atoms with Gasteiger partial charge in [0.25, 0.3) is 11.6 Å². The van der Waals surface area contributed by atoms with Crippen LogP contribution in [-0.4, -0.2) is 32.4 Å². The number of piperidine rings is 1. The topological polar surface area (TPSA) is 102 Å². The van der Waals surface area contributed by atoms with Gasteiger partial charge in [-0.25, -0.2) is 0 Å². The lowest BCUT2D eigenvalue weighted by atomic mass is 10.0. The standard InChI is InChI=1S/C21H20N4O4/c1-14-8-10-15(11-9-14)19-22-20(29-23-19)18-7-2-3-12-24(18)21(26)16-5-4-6-17(13-16)25(27)28/h4-6,8-11,13,18H,2-3,7,12H2,1H3. The summed E-state index contributed by atoms with van der Waals surface area (Å²) < 4.78 is 5.50. The smallest absolute Gasteiger partial charge is 0.270 e. The van der Waals surface area contributed by atoms with Gasteiger partial charge in [0.1, 0.15) is 6.04 Å². The minimum atomic E-state index is -0.504. The zero-order valence-electron chi connectivity index (χ0n) is 15.9. The Morgan fingerprint density at radius 1 is 1.21 bits per heavy atom. The average molecular weight is 392 g/mol. The van der Waals surface area contributed by atoms with Gasteiger partial charge in [-0.1, -0.05) is 41.1 Å². The molecule has 4 rings (SSSR count). The SMILES string of the molecule is Cc1ccc(-c2noc(C3CCCCN3C(=O)c3cccc([N+](=O)[O-])c3)n2)cc1. The van der Waals surface area contributed by atoms with Gasteiger partial charge in [-0.05, 0) is 32.3 Å². The molecule has 3 aromatic rings. The molecule has 148 valence electrons. The summed E-state index contributed by atoms with van der Waals surface area (Å²) in [7, 11) is 0. The molecule has 1 aliphatic heterocycles. The van der Waals surface area contributed by atoms with E-state index in [0.29, 0.717) is 24.7 Å². The summed E-state index contributed by atoms with van der Waals surface area (Å²) >= 11 is 0. The fourth-order valence-electron chi connectivity index (χ4n) is 3.54. The quantitative estimate of drug-likeness (QED) is 0.484. The summed E-state index contributed by atoms with van der Waals surface area (Å²) in [6.07, 6.45) is 2.50. The Hall–Kier alpha value is -3.55. The predicted molar refractivity (Wildman–Crippen MR) is 105 cm³/mol. The second kappa shape index (κ2) is 7.83. The van der Waals surface area contributed by atoms with Gasteiger partial charge in [-0.15, -0.1) is 0 Å². The van der Waals surface area contributed by atoms with Crippen LogP contribution in [0.1, 0.15) is 47.1 Å². The summed E-state index contributed by atoms with van der Waals surface area (Å²) in [5.41, 5.74) is 2.16. The van der Waals surface area contributed by atoms with Crippen molar-refractivity contribution in [3.05, 3.63) is 75.7 Å². The monoisotopic (exact) mass is 392 g/mol. The fraction of sp³-hybridized carbons (Fsp3) is 0.286. The number of rotatable bonds is 4. The van der Waals surface area contributed by atoms with Crippen molar-refractivity contribution < 1.29 is 14.2 Å². The molecule has 1 atom stereocenters. The molecule has 8 nitrogen and oxygen atoms in total. The van der Waals surface area contributed by atoms with E-state index in [1.54, 1.807) is 11.0 Å². The van der Waals surface area contributed by atoms with Gasteiger partial charge < -0.3 is 9.42 Å². The highest BCUT2D eigenvalue weighted by atomic mass is 16.6. The highest BCUT2D eigenvalue weighted by Gasteiger charge is 2.33. The second-order valence-corrected chi connectivity index (χ2v) is 7.14. The van der Waals surface area contributed by atoms with Crippen molar-refractivity contribution in [2.75, 3.05) is 6.54 Å². The van der Waals surface area contributed by atoms with Gasteiger partial charge in [0.15, 0.2) is 0 Å². The van der Waals surface area contributed by atoms with E-state index in [1.807, 2.05) is 31.2 Å². The molecule has 1 aliphatic rings. The normalized spacial score (nSPS) is 16.6. The first-order valence-electron chi connectivity index (χ1n) is 9.49. The minimum Gasteiger partial charge on any atom is -0.337 e. The van der Waals surface area contributed by atoms with E-state index >= 15 is 0 Å². The van der Waals surface area contributed by atoms with Crippen LogP contribution in [0.15, 0.2) is 53.1 Å². The lowest BCUT2D eigenvalue weighted by molar-refractivity contribution is -0.384. The zero-order chi connectivity index (χ0) is 20.4. The first-order valence-corrected chi connectivity index (χ1v) is 9.49. The molecule has 0 bridgehead atoms. The maximum absolute atomic E-state index is 13.1. The second-order valence-electron chi connectivity index (χ2n) is 7.14. The molecule has 1 unspecified atom stereocenters. The number of benzene rings is 2. The lowest BCUT2D eigenvalue weighted by Gasteiger charge is -2.33. The van der Waals surface area contributed by atoms with Crippen LogP contribution in [0.3, 0.4) is 0 Å². The van der Waals surface area contributed by atoms with Crippen LogP contribution >= 0.6 is 0 Å². The maximum Gasteiger partial charge on any atom is 0.270 e. The number of carbonyl (C=O) groups excluding carboxylic acids is 1. The fourth-order valence-corrected chi connectivity index (χ4v) is 3.54. The third kappa shape index (κ3) is 3.87. The Morgan fingerprint density at radius 3 is 2.76 bits per heavy atom. The van der Waals surface area contributed by atoms with Gasteiger partial charge in [0.2, 0.25) is 11.7 Å². The van der Waals surface area contributed by atoms with Crippen molar-refractivity contribution in [3.8, 4) is 11.4 Å². The Balaban J connectivity index is 1.61. The molecule has 0 radical (unpaired) electrons. The summed E-state index contributed by atoms with van der Waals surface area (Å²) in [6.45, 7) is 2.54. The van der Waals surface area contributed by atoms with Crippen molar-refractivity contribution in [2.24, 2.45) is 0 Å². The predicted octanol–water partition coefficient (Wildman–Crippen LogP) is 4.32. The number of hydrogen-bond acceptors (Lipinski definition) is 6. The molecule has 1 amide bonds. The highest BCUT2D eigenvalue weighted by Crippen LogP contribution is 2.32. The number of carbonyl (C=O) groups is 1. The van der Waals surface area contributed by atoms with E-state index in [4.69, 9.17) is 4.52 Å². The summed E-state index contributed by atoms with van der Waals surface area (Å²) in [5, 5.41) is 15.1. The molecule has 0 aliphatic carbocycles. The minimum absolute atomic E-state index is 0.108. The Morgan fingerprint density at radius 2 is 2.00 bits per heavy atom. The first kappa shape index (κ1) is 18.8. The molecule has 2 aromatic carbocycles. The summed E-state index contributed by atoms with van der Waals surface area (Å²) in [4.78, 5) is 29.8. The van der Waals surface area contributed by atoms with Crippen LogP contribution in [-0.2, 0) is 0 Å². The zero-order valence-corrected chi connectivity index (χ0v) is 15.9. The lowest BCUT2D eigenvalue weighted by Crippen LogP contribution is -2.38. The summed E-state index contributed by atoms with van der Waals surface area (Å²) in [6, 6.07) is 13.2. The molecule has 1 fully saturated rings. The molecule has 2 heterocycles. The number of non-ortho nitro benzene ring substituents is 1. The first-order chi connectivity index (χ1) is 14.0. The molecule has 0 saturated carbocycles. The van der Waals surface area contributed by atoms with Crippen LogP contribution in [0, 0.1) is 17.0 Å². The van der Waals surface area contributed by atoms with Gasteiger partial charge in [-0.2, -0.15) is 4.98 Å². The molecule has 29 heavy (non-hydrogen) atoms. The number of nitrogens with zero attached hydrogens (tertiary/aromatic N) is 4. The molecule has 0 N–H and O–H groups in total. The van der Waals surface area contributed by atoms with E-state index in [0.717, 1.165) is 24.0 Å². The molecule has 0 spiro atoms. The van der Waals surface area contributed by atoms with Gasteiger partial charge in [0.05, 0.1) is 4.92 Å². The van der Waals surface area contributed by atoms with Gasteiger partial charge in [0, 0.05) is 29.8 Å². The number of amides is 1. The molecule has 8 heteroatoms. The van der Waals surface area contributed by atoms with E-state index < -0.39 is 4.92 Å². The number of likely N-dealkylation sites (tertiary alicyclic amines) is 1. The van der Waals surface area contributed by atoms with E-state index in [1.165, 1.54) is 18.2 Å². The van der Waals surface area contributed by atoms with Crippen LogP contribution in [0.5, 0.6) is 0 Å². The molecular weight excluding hydrogens is 372 g/mol. The van der Waals surface area contributed by atoms with Crippen molar-refractivity contribution >= 4 is 11.6 Å². The average Bonchev–Trinajstić information content (AvgIpc) is 3.24. The van der Waals surface area contributed by atoms with Gasteiger partial charge in [-0.3, -0.25) is 14.9 Å². The van der Waals surface area contributed by atoms with Crippen LogP contribution in [0.4, 0.5) is 5.69 Å². The van der Waals surface area contributed by atoms with Gasteiger partial charge >= 0.3 is 0 Å². The van der Waals surface area contributed by atoms with E-state index in [9.17, 15) is 14.9 Å². The van der Waals surface area contributed by atoms with Crippen molar-refractivity contribution in [1.82, 2.24) is 15.0 Å². The number of nitro groups is 1. The number of aryl methyl sites for hydroxylation is 1. The maximum atomic E-state index is 13.1. The number of hydrogen-bond donors (Lipinski definition) is 0. The van der Waals surface area contributed by atoms with E-state index in [-0.39, 0.29) is 23.2 Å². The van der Waals surface area contributed by atoms with Crippen molar-refractivity contribution in [2.45, 2.75) is 32.2 Å². The molecular formula is C21H20N4O4. The van der Waals surface area contributed by atoms with Crippen molar-refractivity contribution in [3.63, 3.8) is 0 Å². The van der Waals surface area contributed by atoms with Crippen LogP contribution in [0.2, 0.25) is 0 Å². The number of nitro benzene ring substituents is 1. The number of aromatic nitrogens is 2.